The van der Waals surface area contributed by atoms with E-state index in [1.54, 1.807) is 0 Å². The summed E-state index contributed by atoms with van der Waals surface area (Å²) in [6.45, 7) is 0. The molecule has 0 aliphatic carbocycles. The minimum Gasteiger partial charge on any atom is -0.484 e. The predicted molar refractivity (Wildman–Crippen MR) is 64.5 cm³/mol. The molecule has 2 unspecified atom stereocenters. The highest BCUT2D eigenvalue weighted by atomic mass is 19.2. The van der Waals surface area contributed by atoms with E-state index in [-0.39, 0.29) is 12.1 Å². The predicted octanol–water partition coefficient (Wildman–Crippen LogP) is 3.39. The number of hydrogen-bond donors (Lipinski definition) is 0. The van der Waals surface area contributed by atoms with Crippen LogP contribution in [-0.2, 0) is 0 Å². The van der Waals surface area contributed by atoms with Crippen LogP contribution in [0.1, 0.15) is 25.7 Å². The van der Waals surface area contributed by atoms with Gasteiger partial charge in [-0.25, -0.2) is 13.2 Å². The summed E-state index contributed by atoms with van der Waals surface area (Å²) in [6, 6.07) is 0.463. The van der Waals surface area contributed by atoms with E-state index in [2.05, 4.69) is 4.90 Å². The first-order valence-corrected chi connectivity index (χ1v) is 6.80. The summed E-state index contributed by atoms with van der Waals surface area (Å²) in [6.07, 6.45) is 2.42. The lowest BCUT2D eigenvalue weighted by atomic mass is 10.0. The Bertz CT molecular complexity index is 536. The molecular weight excluding hydrogens is 293 g/mol. The van der Waals surface area contributed by atoms with Crippen LogP contribution >= 0.6 is 0 Å². The van der Waals surface area contributed by atoms with Gasteiger partial charge in [0.2, 0.25) is 29.1 Å². The topological polar surface area (TPSA) is 12.5 Å². The van der Waals surface area contributed by atoms with Crippen molar-refractivity contribution in [3.8, 4) is 5.75 Å². The van der Waals surface area contributed by atoms with Gasteiger partial charge in [0.25, 0.3) is 0 Å². The third-order valence-electron chi connectivity index (χ3n) is 4.51. The van der Waals surface area contributed by atoms with Crippen LogP contribution in [-0.4, -0.2) is 30.1 Å². The largest absolute Gasteiger partial charge is 0.484 e. The lowest BCUT2D eigenvalue weighted by Gasteiger charge is -2.36. The maximum Gasteiger partial charge on any atom is 0.207 e. The van der Waals surface area contributed by atoms with E-state index < -0.39 is 40.9 Å². The van der Waals surface area contributed by atoms with E-state index in [1.807, 2.05) is 7.05 Å². The summed E-state index contributed by atoms with van der Waals surface area (Å²) in [7, 11) is 1.97. The van der Waals surface area contributed by atoms with E-state index in [0.717, 1.165) is 12.8 Å². The Morgan fingerprint density at radius 2 is 1.24 bits per heavy atom. The Labute approximate surface area is 118 Å². The molecule has 7 heteroatoms. The number of piperidine rings is 1. The molecule has 0 amide bonds. The van der Waals surface area contributed by atoms with Crippen LogP contribution in [0.15, 0.2) is 0 Å². The fourth-order valence-electron chi connectivity index (χ4n) is 3.31. The summed E-state index contributed by atoms with van der Waals surface area (Å²) in [4.78, 5) is 2.18. The highest BCUT2D eigenvalue weighted by molar-refractivity contribution is 5.30. The van der Waals surface area contributed by atoms with Crippen LogP contribution in [0.3, 0.4) is 0 Å². The van der Waals surface area contributed by atoms with Crippen molar-refractivity contribution in [1.82, 2.24) is 4.90 Å². The first-order chi connectivity index (χ1) is 9.90. The number of rotatable bonds is 2. The zero-order chi connectivity index (χ0) is 15.3. The van der Waals surface area contributed by atoms with Gasteiger partial charge >= 0.3 is 0 Å². The van der Waals surface area contributed by atoms with Crippen molar-refractivity contribution in [2.45, 2.75) is 43.9 Å². The van der Waals surface area contributed by atoms with Crippen LogP contribution in [0.2, 0.25) is 0 Å². The first kappa shape index (κ1) is 14.6. The van der Waals surface area contributed by atoms with E-state index >= 15 is 0 Å². The van der Waals surface area contributed by atoms with Crippen LogP contribution < -0.4 is 4.74 Å². The zero-order valence-corrected chi connectivity index (χ0v) is 11.3. The highest BCUT2D eigenvalue weighted by Crippen LogP contribution is 2.37. The number of ether oxygens (including phenoxy) is 1. The molecule has 3 rings (SSSR count). The second-order valence-corrected chi connectivity index (χ2v) is 5.66. The van der Waals surface area contributed by atoms with Crippen molar-refractivity contribution in [2.24, 2.45) is 0 Å². The van der Waals surface area contributed by atoms with E-state index in [4.69, 9.17) is 4.74 Å². The number of benzene rings is 1. The summed E-state index contributed by atoms with van der Waals surface area (Å²) < 4.78 is 71.6. The minimum atomic E-state index is -2.17. The Balaban J connectivity index is 1.86. The van der Waals surface area contributed by atoms with E-state index in [1.165, 1.54) is 0 Å². The fraction of sp³-hybridized carbons (Fsp3) is 0.571. The van der Waals surface area contributed by atoms with Gasteiger partial charge in [-0.1, -0.05) is 0 Å². The second-order valence-electron chi connectivity index (χ2n) is 5.66. The SMILES string of the molecule is CN1C2CCC1CC(Oc1c(F)c(F)c(F)c(F)c1F)C2. The van der Waals surface area contributed by atoms with Crippen molar-refractivity contribution >= 4 is 0 Å². The number of halogens is 5. The molecule has 0 radical (unpaired) electrons. The van der Waals surface area contributed by atoms with Crippen LogP contribution in [0, 0.1) is 29.1 Å². The Morgan fingerprint density at radius 1 is 0.810 bits per heavy atom. The van der Waals surface area contributed by atoms with Gasteiger partial charge in [-0.3, -0.25) is 0 Å². The lowest BCUT2D eigenvalue weighted by molar-refractivity contribution is 0.0592. The molecule has 0 N–H and O–H groups in total. The monoisotopic (exact) mass is 307 g/mol. The fourth-order valence-corrected chi connectivity index (χ4v) is 3.31. The maximum atomic E-state index is 13.6. The molecule has 2 atom stereocenters. The molecule has 1 aromatic rings. The van der Waals surface area contributed by atoms with Gasteiger partial charge in [-0.05, 0) is 32.7 Å². The van der Waals surface area contributed by atoms with Gasteiger partial charge in [0.1, 0.15) is 6.10 Å². The van der Waals surface area contributed by atoms with Crippen molar-refractivity contribution in [3.05, 3.63) is 29.1 Å². The summed E-state index contributed by atoms with van der Waals surface area (Å²) in [5.41, 5.74) is 0. The Kier molecular flexibility index (Phi) is 3.55. The third-order valence-corrected chi connectivity index (χ3v) is 4.51. The van der Waals surface area contributed by atoms with Gasteiger partial charge in [-0.2, -0.15) is 8.78 Å². The summed E-state index contributed by atoms with van der Waals surface area (Å²) in [5, 5.41) is 0. The number of nitrogens with zero attached hydrogens (tertiary/aromatic N) is 1. The molecule has 116 valence electrons. The standard InChI is InChI=1S/C14H14F5NO/c1-20-6-2-3-7(20)5-8(4-6)21-14-12(18)10(16)9(15)11(17)13(14)19/h6-8H,2-5H2,1H3. The third kappa shape index (κ3) is 2.27. The van der Waals surface area contributed by atoms with Gasteiger partial charge in [-0.15, -0.1) is 0 Å². The van der Waals surface area contributed by atoms with Crippen LogP contribution in [0.5, 0.6) is 5.75 Å². The van der Waals surface area contributed by atoms with Gasteiger partial charge in [0.15, 0.2) is 5.75 Å². The highest BCUT2D eigenvalue weighted by Gasteiger charge is 2.40. The summed E-state index contributed by atoms with van der Waals surface area (Å²) in [5.74, 6) is -11.1. The lowest BCUT2D eigenvalue weighted by Crippen LogP contribution is -2.44. The van der Waals surface area contributed by atoms with E-state index in [0.29, 0.717) is 12.8 Å². The molecule has 2 aliphatic rings. The number of hydrogen-bond acceptors (Lipinski definition) is 2. The van der Waals surface area contributed by atoms with Crippen LogP contribution in [0.25, 0.3) is 0 Å². The minimum absolute atomic E-state index is 0.231. The number of fused-ring (bicyclic) bond motifs is 2. The van der Waals surface area contributed by atoms with Crippen molar-refractivity contribution in [3.63, 3.8) is 0 Å². The molecule has 21 heavy (non-hydrogen) atoms. The Hall–Kier alpha value is -1.37. The first-order valence-electron chi connectivity index (χ1n) is 6.80. The molecule has 0 saturated carbocycles. The molecule has 0 spiro atoms. The smallest absolute Gasteiger partial charge is 0.207 e. The molecule has 2 nitrogen and oxygen atoms in total. The van der Waals surface area contributed by atoms with Crippen molar-refractivity contribution in [2.75, 3.05) is 7.05 Å². The van der Waals surface area contributed by atoms with Gasteiger partial charge < -0.3 is 9.64 Å². The molecule has 1 aromatic carbocycles. The quantitative estimate of drug-likeness (QED) is 0.472. The Morgan fingerprint density at radius 3 is 1.71 bits per heavy atom. The average Bonchev–Trinajstić information content (AvgIpc) is 2.69. The second kappa shape index (κ2) is 5.12. The van der Waals surface area contributed by atoms with Crippen molar-refractivity contribution in [1.29, 1.82) is 0 Å². The molecular formula is C14H14F5NO. The average molecular weight is 307 g/mol. The molecule has 2 fully saturated rings. The van der Waals surface area contributed by atoms with Crippen molar-refractivity contribution < 1.29 is 26.7 Å². The molecule has 2 heterocycles. The van der Waals surface area contributed by atoms with Gasteiger partial charge in [0, 0.05) is 12.1 Å². The molecule has 0 aromatic heterocycles. The molecule has 2 aliphatic heterocycles. The molecule has 2 bridgehead atoms. The zero-order valence-electron chi connectivity index (χ0n) is 11.3. The van der Waals surface area contributed by atoms with Crippen LogP contribution in [0.4, 0.5) is 22.0 Å². The van der Waals surface area contributed by atoms with E-state index in [9.17, 15) is 22.0 Å². The normalized spacial score (nSPS) is 29.0. The van der Waals surface area contributed by atoms with Gasteiger partial charge in [0.05, 0.1) is 0 Å². The summed E-state index contributed by atoms with van der Waals surface area (Å²) >= 11 is 0. The molecule has 2 saturated heterocycles. The maximum absolute atomic E-state index is 13.6.